The summed E-state index contributed by atoms with van der Waals surface area (Å²) in [4.78, 5) is 11.0. The molecule has 0 atom stereocenters. The summed E-state index contributed by atoms with van der Waals surface area (Å²) in [6.45, 7) is 0. The van der Waals surface area contributed by atoms with Crippen molar-refractivity contribution in [1.82, 2.24) is 0 Å². The number of carboxylic acid groups (broad SMARTS) is 1. The van der Waals surface area contributed by atoms with Crippen molar-refractivity contribution in [3.63, 3.8) is 0 Å². The molecule has 0 unspecified atom stereocenters. The third-order valence-corrected chi connectivity index (χ3v) is 4.71. The maximum Gasteiger partial charge on any atom is 0.261 e. The molecule has 2 rings (SSSR count). The second-order valence-electron chi connectivity index (χ2n) is 4.04. The van der Waals surface area contributed by atoms with Gasteiger partial charge in [-0.2, -0.15) is 0 Å². The molecule has 0 saturated carbocycles. The van der Waals surface area contributed by atoms with E-state index in [2.05, 4.69) is 20.7 Å². The lowest BCUT2D eigenvalue weighted by Gasteiger charge is -2.13. The van der Waals surface area contributed by atoms with Gasteiger partial charge in [-0.05, 0) is 42.5 Å². The summed E-state index contributed by atoms with van der Waals surface area (Å²) in [5.41, 5.74) is -0.439. The van der Waals surface area contributed by atoms with Crippen LogP contribution in [0.25, 0.3) is 0 Å². The van der Waals surface area contributed by atoms with E-state index in [4.69, 9.17) is 11.6 Å². The van der Waals surface area contributed by atoms with Gasteiger partial charge in [-0.25, -0.2) is 8.42 Å². The van der Waals surface area contributed by atoms with E-state index >= 15 is 0 Å². The molecule has 0 aliphatic heterocycles. The van der Waals surface area contributed by atoms with Crippen molar-refractivity contribution in [2.24, 2.45) is 0 Å². The minimum Gasteiger partial charge on any atom is -0.545 e. The minimum absolute atomic E-state index is 0.00458. The number of carboxylic acids is 1. The molecule has 0 spiro atoms. The minimum atomic E-state index is -3.90. The Morgan fingerprint density at radius 1 is 1.14 bits per heavy atom. The molecule has 0 aliphatic rings. The number of rotatable bonds is 4. The maximum absolute atomic E-state index is 12.2. The number of hydrogen-bond acceptors (Lipinski definition) is 4. The van der Waals surface area contributed by atoms with Crippen molar-refractivity contribution in [2.45, 2.75) is 4.90 Å². The number of sulfonamides is 1. The highest BCUT2D eigenvalue weighted by Gasteiger charge is 2.16. The second kappa shape index (κ2) is 6.05. The summed E-state index contributed by atoms with van der Waals surface area (Å²) >= 11 is 8.89. The Kier molecular flexibility index (Phi) is 4.55. The van der Waals surface area contributed by atoms with Gasteiger partial charge < -0.3 is 9.90 Å². The highest BCUT2D eigenvalue weighted by molar-refractivity contribution is 9.10. The fraction of sp³-hybridized carbons (Fsp3) is 0. The summed E-state index contributed by atoms with van der Waals surface area (Å²) < 4.78 is 27.3. The Morgan fingerprint density at radius 2 is 1.76 bits per heavy atom. The summed E-state index contributed by atoms with van der Waals surface area (Å²) in [5.74, 6) is -1.52. The van der Waals surface area contributed by atoms with Gasteiger partial charge in [0.15, 0.2) is 0 Å². The van der Waals surface area contributed by atoms with Crippen LogP contribution in [0.15, 0.2) is 51.8 Å². The van der Waals surface area contributed by atoms with Crippen molar-refractivity contribution in [1.29, 1.82) is 0 Å². The highest BCUT2D eigenvalue weighted by atomic mass is 79.9. The van der Waals surface area contributed by atoms with Crippen LogP contribution in [0.4, 0.5) is 5.69 Å². The molecular formula is C13H8BrClNO4S-. The summed E-state index contributed by atoms with van der Waals surface area (Å²) in [6, 6.07) is 9.68. The number of nitrogens with one attached hydrogen (secondary N) is 1. The van der Waals surface area contributed by atoms with E-state index in [1.807, 2.05) is 0 Å². The zero-order valence-corrected chi connectivity index (χ0v) is 13.5. The molecule has 2 aromatic carbocycles. The molecule has 2 aromatic rings. The van der Waals surface area contributed by atoms with Gasteiger partial charge in [0.25, 0.3) is 10.0 Å². The molecule has 5 nitrogen and oxygen atoms in total. The Hall–Kier alpha value is -1.57. The van der Waals surface area contributed by atoms with Gasteiger partial charge >= 0.3 is 0 Å². The number of carbonyl (C=O) groups excluding carboxylic acids is 1. The average Bonchev–Trinajstić information content (AvgIpc) is 2.41. The quantitative estimate of drug-likeness (QED) is 0.869. The topological polar surface area (TPSA) is 86.3 Å². The Morgan fingerprint density at radius 3 is 2.33 bits per heavy atom. The molecule has 0 fully saturated rings. The predicted molar refractivity (Wildman–Crippen MR) is 80.7 cm³/mol. The number of hydrogen-bond donors (Lipinski definition) is 1. The van der Waals surface area contributed by atoms with Crippen LogP contribution < -0.4 is 9.83 Å². The first-order valence-electron chi connectivity index (χ1n) is 5.59. The van der Waals surface area contributed by atoms with E-state index in [1.54, 1.807) is 12.1 Å². The van der Waals surface area contributed by atoms with E-state index in [1.165, 1.54) is 24.3 Å². The predicted octanol–water partition coefficient (Wildman–Crippen LogP) is 2.27. The Balaban J connectivity index is 2.41. The first-order valence-corrected chi connectivity index (χ1v) is 8.24. The number of aromatic carboxylic acids is 1. The first kappa shape index (κ1) is 15.8. The van der Waals surface area contributed by atoms with Gasteiger partial charge in [0.1, 0.15) is 0 Å². The van der Waals surface area contributed by atoms with Gasteiger partial charge in [0.05, 0.1) is 16.6 Å². The molecule has 8 heteroatoms. The lowest BCUT2D eigenvalue weighted by Crippen LogP contribution is -2.25. The van der Waals surface area contributed by atoms with Crippen molar-refractivity contribution in [3.8, 4) is 0 Å². The second-order valence-corrected chi connectivity index (χ2v) is 7.07. The van der Waals surface area contributed by atoms with Crippen LogP contribution in [0, 0.1) is 0 Å². The van der Waals surface area contributed by atoms with Crippen LogP contribution in [-0.4, -0.2) is 14.4 Å². The third-order valence-electron chi connectivity index (χ3n) is 2.57. The molecule has 0 amide bonds. The normalized spacial score (nSPS) is 11.1. The lowest BCUT2D eigenvalue weighted by atomic mass is 10.2. The molecule has 0 aliphatic carbocycles. The summed E-state index contributed by atoms with van der Waals surface area (Å²) in [5, 5.41) is 11.2. The summed E-state index contributed by atoms with van der Waals surface area (Å²) in [7, 11) is -3.90. The third kappa shape index (κ3) is 3.75. The van der Waals surface area contributed by atoms with Gasteiger partial charge in [-0.15, -0.1) is 0 Å². The number of anilines is 1. The lowest BCUT2D eigenvalue weighted by molar-refractivity contribution is -0.254. The zero-order chi connectivity index (χ0) is 15.6. The van der Waals surface area contributed by atoms with Crippen LogP contribution in [0.5, 0.6) is 0 Å². The molecule has 21 heavy (non-hydrogen) atoms. The van der Waals surface area contributed by atoms with Crippen molar-refractivity contribution >= 4 is 49.2 Å². The van der Waals surface area contributed by atoms with Crippen LogP contribution in [0.2, 0.25) is 5.02 Å². The van der Waals surface area contributed by atoms with Crippen LogP contribution in [0.3, 0.4) is 0 Å². The van der Waals surface area contributed by atoms with E-state index in [-0.39, 0.29) is 21.2 Å². The van der Waals surface area contributed by atoms with Crippen molar-refractivity contribution in [2.75, 3.05) is 4.72 Å². The Labute approximate surface area is 134 Å². The Bertz CT molecular complexity index is 790. The number of benzene rings is 2. The van der Waals surface area contributed by atoms with E-state index in [9.17, 15) is 18.3 Å². The van der Waals surface area contributed by atoms with Gasteiger partial charge in [-0.3, -0.25) is 4.72 Å². The monoisotopic (exact) mass is 388 g/mol. The number of halogens is 2. The maximum atomic E-state index is 12.2. The fourth-order valence-electron chi connectivity index (χ4n) is 1.59. The van der Waals surface area contributed by atoms with Crippen LogP contribution in [-0.2, 0) is 10.0 Å². The molecular weight excluding hydrogens is 382 g/mol. The SMILES string of the molecule is O=C([O-])c1cc(Cl)ccc1NS(=O)(=O)c1ccc(Br)cc1. The van der Waals surface area contributed by atoms with Crippen molar-refractivity contribution < 1.29 is 18.3 Å². The average molecular weight is 390 g/mol. The molecule has 0 saturated heterocycles. The highest BCUT2D eigenvalue weighted by Crippen LogP contribution is 2.24. The first-order chi connectivity index (χ1) is 9.79. The van der Waals surface area contributed by atoms with Crippen LogP contribution in [0.1, 0.15) is 10.4 Å². The zero-order valence-electron chi connectivity index (χ0n) is 10.3. The van der Waals surface area contributed by atoms with Crippen LogP contribution >= 0.6 is 27.5 Å². The molecule has 0 radical (unpaired) electrons. The fourth-order valence-corrected chi connectivity index (χ4v) is 3.11. The van der Waals surface area contributed by atoms with E-state index < -0.39 is 16.0 Å². The molecule has 0 aromatic heterocycles. The smallest absolute Gasteiger partial charge is 0.261 e. The van der Waals surface area contributed by atoms with Crippen molar-refractivity contribution in [3.05, 3.63) is 57.5 Å². The molecule has 1 N–H and O–H groups in total. The van der Waals surface area contributed by atoms with E-state index in [0.717, 1.165) is 10.5 Å². The van der Waals surface area contributed by atoms with E-state index in [0.29, 0.717) is 0 Å². The van der Waals surface area contributed by atoms with Gasteiger partial charge in [0.2, 0.25) is 0 Å². The number of carbonyl (C=O) groups is 1. The van der Waals surface area contributed by atoms with Gasteiger partial charge in [-0.1, -0.05) is 27.5 Å². The van der Waals surface area contributed by atoms with Gasteiger partial charge in [0, 0.05) is 15.1 Å². The summed E-state index contributed by atoms with van der Waals surface area (Å²) in [6.07, 6.45) is 0. The molecule has 0 bridgehead atoms. The molecule has 110 valence electrons. The molecule has 0 heterocycles. The standard InChI is InChI=1S/C13H9BrClNO4S/c14-8-1-4-10(5-2-8)21(19,20)16-12-6-3-9(15)7-11(12)13(17)18/h1-7,16H,(H,17,18)/p-1. The largest absolute Gasteiger partial charge is 0.545 e.